The Morgan fingerprint density at radius 1 is 1.43 bits per heavy atom. The predicted octanol–water partition coefficient (Wildman–Crippen LogP) is 1.42. The Labute approximate surface area is 127 Å². The van der Waals surface area contributed by atoms with E-state index in [1.807, 2.05) is 0 Å². The van der Waals surface area contributed by atoms with E-state index in [0.29, 0.717) is 17.3 Å². The topological polar surface area (TPSA) is 76.1 Å². The summed E-state index contributed by atoms with van der Waals surface area (Å²) in [7, 11) is 0. The molecule has 1 amide bonds. The van der Waals surface area contributed by atoms with Gasteiger partial charge in [0.1, 0.15) is 5.75 Å². The molecule has 7 heteroatoms. The summed E-state index contributed by atoms with van der Waals surface area (Å²) < 4.78 is 10.6. The van der Waals surface area contributed by atoms with Crippen molar-refractivity contribution in [3.05, 3.63) is 29.3 Å². The first-order valence-corrected chi connectivity index (χ1v) is 6.90. The first kappa shape index (κ1) is 15.6. The van der Waals surface area contributed by atoms with Crippen molar-refractivity contribution in [2.45, 2.75) is 19.1 Å². The second-order valence-electron chi connectivity index (χ2n) is 4.70. The number of carbonyl (C=O) groups excluding carboxylic acids is 1. The van der Waals surface area contributed by atoms with Gasteiger partial charge in [0.15, 0.2) is 12.2 Å². The molecule has 21 heavy (non-hydrogen) atoms. The van der Waals surface area contributed by atoms with Crippen molar-refractivity contribution < 1.29 is 24.2 Å². The summed E-state index contributed by atoms with van der Waals surface area (Å²) in [5.41, 5.74) is 0. The third kappa shape index (κ3) is 4.09. The highest BCUT2D eigenvalue weighted by Gasteiger charge is 2.31. The number of carbonyl (C=O) groups is 2. The molecule has 0 radical (unpaired) electrons. The van der Waals surface area contributed by atoms with Crippen LogP contribution in [0.5, 0.6) is 5.75 Å². The maximum absolute atomic E-state index is 12.3. The molecule has 2 rings (SSSR count). The number of halogens is 1. The third-order valence-electron chi connectivity index (χ3n) is 3.13. The van der Waals surface area contributed by atoms with Crippen molar-refractivity contribution in [3.8, 4) is 5.75 Å². The molecule has 1 aromatic carbocycles. The lowest BCUT2D eigenvalue weighted by molar-refractivity contribution is -0.161. The summed E-state index contributed by atoms with van der Waals surface area (Å²) in [6.07, 6.45) is -1.69. The zero-order valence-electron chi connectivity index (χ0n) is 11.5. The van der Waals surface area contributed by atoms with Gasteiger partial charge >= 0.3 is 5.97 Å². The van der Waals surface area contributed by atoms with Gasteiger partial charge < -0.3 is 19.5 Å². The van der Waals surface area contributed by atoms with E-state index in [0.717, 1.165) is 0 Å². The van der Waals surface area contributed by atoms with Crippen molar-refractivity contribution >= 4 is 23.5 Å². The highest BCUT2D eigenvalue weighted by atomic mass is 35.5. The maximum Gasteiger partial charge on any atom is 0.334 e. The average Bonchev–Trinajstić information content (AvgIpc) is 2.49. The molecular weight excluding hydrogens is 298 g/mol. The molecule has 2 atom stereocenters. The number of ether oxygens (including phenoxy) is 2. The molecule has 0 aliphatic carbocycles. The molecule has 0 bridgehead atoms. The van der Waals surface area contributed by atoms with E-state index < -0.39 is 18.2 Å². The maximum atomic E-state index is 12.3. The number of rotatable bonds is 4. The van der Waals surface area contributed by atoms with Crippen LogP contribution in [-0.2, 0) is 14.3 Å². The number of nitrogens with zero attached hydrogens (tertiary/aromatic N) is 1. The van der Waals surface area contributed by atoms with Crippen LogP contribution in [0.1, 0.15) is 6.92 Å². The van der Waals surface area contributed by atoms with Gasteiger partial charge in [-0.1, -0.05) is 11.6 Å². The minimum absolute atomic E-state index is 0.0302. The summed E-state index contributed by atoms with van der Waals surface area (Å²) in [4.78, 5) is 24.6. The van der Waals surface area contributed by atoms with Gasteiger partial charge in [-0.25, -0.2) is 4.79 Å². The summed E-state index contributed by atoms with van der Waals surface area (Å²) in [6, 6.07) is 6.68. The standard InChI is InChI=1S/C14H16ClNO5/c1-9(21-11-4-2-10(15)3-5-11)13(17)16-6-7-20-12(8-16)14(18)19/h2-5,9,12H,6-8H2,1H3,(H,18,19). The number of hydrogen-bond acceptors (Lipinski definition) is 4. The van der Waals surface area contributed by atoms with Gasteiger partial charge in [0, 0.05) is 11.6 Å². The lowest BCUT2D eigenvalue weighted by atomic mass is 10.2. The highest BCUT2D eigenvalue weighted by Crippen LogP contribution is 2.18. The first-order chi connectivity index (χ1) is 9.97. The summed E-state index contributed by atoms with van der Waals surface area (Å²) in [5, 5.41) is 9.51. The normalized spacial score (nSPS) is 19.9. The van der Waals surface area contributed by atoms with Gasteiger partial charge in [0.2, 0.25) is 0 Å². The molecule has 1 aromatic rings. The molecule has 1 heterocycles. The van der Waals surface area contributed by atoms with Crippen molar-refractivity contribution in [1.29, 1.82) is 0 Å². The van der Waals surface area contributed by atoms with E-state index in [2.05, 4.69) is 0 Å². The third-order valence-corrected chi connectivity index (χ3v) is 3.38. The number of carboxylic acid groups (broad SMARTS) is 1. The Morgan fingerprint density at radius 2 is 2.10 bits per heavy atom. The van der Waals surface area contributed by atoms with Crippen molar-refractivity contribution in [2.24, 2.45) is 0 Å². The molecule has 0 aromatic heterocycles. The van der Waals surface area contributed by atoms with Crippen LogP contribution < -0.4 is 4.74 Å². The van der Waals surface area contributed by atoms with Crippen molar-refractivity contribution in [3.63, 3.8) is 0 Å². The zero-order chi connectivity index (χ0) is 15.4. The molecule has 1 aliphatic heterocycles. The van der Waals surface area contributed by atoms with Crippen LogP contribution in [0.4, 0.5) is 0 Å². The number of amides is 1. The summed E-state index contributed by atoms with van der Waals surface area (Å²) >= 11 is 5.78. The molecule has 1 saturated heterocycles. The van der Waals surface area contributed by atoms with Crippen LogP contribution in [0, 0.1) is 0 Å². The first-order valence-electron chi connectivity index (χ1n) is 6.53. The molecule has 1 N–H and O–H groups in total. The zero-order valence-corrected chi connectivity index (χ0v) is 12.2. The van der Waals surface area contributed by atoms with E-state index in [1.165, 1.54) is 4.90 Å². The van der Waals surface area contributed by atoms with Gasteiger partial charge in [-0.15, -0.1) is 0 Å². The van der Waals surface area contributed by atoms with E-state index >= 15 is 0 Å². The molecule has 2 unspecified atom stereocenters. The Kier molecular flexibility index (Phi) is 5.03. The average molecular weight is 314 g/mol. The van der Waals surface area contributed by atoms with E-state index in [-0.39, 0.29) is 19.1 Å². The highest BCUT2D eigenvalue weighted by molar-refractivity contribution is 6.30. The summed E-state index contributed by atoms with van der Waals surface area (Å²) in [6.45, 7) is 2.22. The number of aliphatic carboxylic acids is 1. The van der Waals surface area contributed by atoms with Crippen LogP contribution in [0.25, 0.3) is 0 Å². The fourth-order valence-electron chi connectivity index (χ4n) is 2.02. The van der Waals surface area contributed by atoms with E-state index in [1.54, 1.807) is 31.2 Å². The van der Waals surface area contributed by atoms with Gasteiger partial charge in [-0.3, -0.25) is 4.79 Å². The molecule has 114 valence electrons. The quantitative estimate of drug-likeness (QED) is 0.910. The minimum Gasteiger partial charge on any atom is -0.481 e. The summed E-state index contributed by atoms with van der Waals surface area (Å²) in [5.74, 6) is -0.804. The number of benzene rings is 1. The Hall–Kier alpha value is -1.79. The van der Waals surface area contributed by atoms with Gasteiger partial charge in [-0.2, -0.15) is 0 Å². The van der Waals surface area contributed by atoms with Crippen molar-refractivity contribution in [2.75, 3.05) is 19.7 Å². The second kappa shape index (κ2) is 6.78. The van der Waals surface area contributed by atoms with Gasteiger partial charge in [-0.05, 0) is 31.2 Å². The van der Waals surface area contributed by atoms with Crippen LogP contribution in [0.3, 0.4) is 0 Å². The predicted molar refractivity (Wildman–Crippen MR) is 75.5 cm³/mol. The molecule has 1 fully saturated rings. The van der Waals surface area contributed by atoms with Gasteiger partial charge in [0.05, 0.1) is 13.2 Å². The minimum atomic E-state index is -1.07. The smallest absolute Gasteiger partial charge is 0.334 e. The molecule has 1 aliphatic rings. The monoisotopic (exact) mass is 313 g/mol. The van der Waals surface area contributed by atoms with E-state index in [4.69, 9.17) is 26.2 Å². The molecule has 0 spiro atoms. The van der Waals surface area contributed by atoms with E-state index in [9.17, 15) is 9.59 Å². The fourth-order valence-corrected chi connectivity index (χ4v) is 2.15. The molecule has 6 nitrogen and oxygen atoms in total. The SMILES string of the molecule is CC(Oc1ccc(Cl)cc1)C(=O)N1CCOC(C(=O)O)C1. The number of hydrogen-bond donors (Lipinski definition) is 1. The Morgan fingerprint density at radius 3 is 2.71 bits per heavy atom. The van der Waals surface area contributed by atoms with Gasteiger partial charge in [0.25, 0.3) is 5.91 Å². The largest absolute Gasteiger partial charge is 0.481 e. The number of morpholine rings is 1. The lowest BCUT2D eigenvalue weighted by Crippen LogP contribution is -2.51. The molecule has 0 saturated carbocycles. The van der Waals surface area contributed by atoms with Crippen LogP contribution >= 0.6 is 11.6 Å². The lowest BCUT2D eigenvalue weighted by Gasteiger charge is -2.32. The Bertz CT molecular complexity index is 519. The van der Waals surface area contributed by atoms with Crippen LogP contribution in [0.2, 0.25) is 5.02 Å². The Balaban J connectivity index is 1.95. The number of carboxylic acids is 1. The molecular formula is C14H16ClNO5. The van der Waals surface area contributed by atoms with Crippen LogP contribution in [0.15, 0.2) is 24.3 Å². The van der Waals surface area contributed by atoms with Crippen molar-refractivity contribution in [1.82, 2.24) is 4.90 Å². The fraction of sp³-hybridized carbons (Fsp3) is 0.429. The second-order valence-corrected chi connectivity index (χ2v) is 5.13. The van der Waals surface area contributed by atoms with Crippen LogP contribution in [-0.4, -0.2) is 53.8 Å².